The molecule has 4 aromatic rings. The minimum Gasteiger partial charge on any atom is -0.329 e. The molecule has 9 heteroatoms. The molecule has 2 amide bonds. The van der Waals surface area contributed by atoms with Crippen LogP contribution in [0.2, 0.25) is 0 Å². The topological polar surface area (TPSA) is 93.8 Å². The molecule has 0 bridgehead atoms. The van der Waals surface area contributed by atoms with Crippen LogP contribution in [0.1, 0.15) is 39.2 Å². The van der Waals surface area contributed by atoms with Crippen molar-refractivity contribution in [2.45, 2.75) is 27.3 Å². The number of aryl methyl sites for hydroxylation is 2. The van der Waals surface area contributed by atoms with Gasteiger partial charge in [0.15, 0.2) is 0 Å². The van der Waals surface area contributed by atoms with Gasteiger partial charge in [0.1, 0.15) is 5.82 Å². The van der Waals surface area contributed by atoms with E-state index in [-0.39, 0.29) is 0 Å². The van der Waals surface area contributed by atoms with E-state index in [1.807, 2.05) is 44.2 Å². The Hall–Kier alpha value is -3.46. The van der Waals surface area contributed by atoms with Crippen LogP contribution in [0.15, 0.2) is 53.1 Å². The second-order valence-electron chi connectivity index (χ2n) is 7.05. The zero-order valence-corrected chi connectivity index (χ0v) is 18.9. The van der Waals surface area contributed by atoms with Gasteiger partial charge in [0.25, 0.3) is 11.8 Å². The van der Waals surface area contributed by atoms with Crippen molar-refractivity contribution in [1.29, 1.82) is 0 Å². The van der Waals surface area contributed by atoms with Gasteiger partial charge in [-0.05, 0) is 63.2 Å². The Balaban J connectivity index is 1.47. The maximum atomic E-state index is 12.6. The Morgan fingerprint density at radius 3 is 2.45 bits per heavy atom. The molecular formula is C22H21BrN6O2. The number of aromatic nitrogens is 4. The average molecular weight is 481 g/mol. The number of hydrazine groups is 1. The summed E-state index contributed by atoms with van der Waals surface area (Å²) in [7, 11) is 0. The molecule has 8 nitrogen and oxygen atoms in total. The number of halogens is 1. The standard InChI is InChI=1S/C22H21BrN6O2/c1-4-28-14(3)25-19-11-15(5-10-20(19)28)21(30)26-27-22(31)18-12-24-29(13(18)2)17-8-6-16(23)7-9-17/h5-12H,4H2,1-3H3,(H,26,30)(H,27,31). The number of imidazole rings is 1. The van der Waals surface area contributed by atoms with Crippen LogP contribution in [0.3, 0.4) is 0 Å². The minimum atomic E-state index is -0.443. The van der Waals surface area contributed by atoms with E-state index < -0.39 is 11.8 Å². The van der Waals surface area contributed by atoms with Gasteiger partial charge in [-0.3, -0.25) is 20.4 Å². The normalized spacial score (nSPS) is 11.0. The van der Waals surface area contributed by atoms with E-state index in [4.69, 9.17) is 0 Å². The Labute approximate surface area is 187 Å². The fourth-order valence-electron chi connectivity index (χ4n) is 3.52. The molecule has 0 aliphatic heterocycles. The zero-order valence-electron chi connectivity index (χ0n) is 17.3. The van der Waals surface area contributed by atoms with Crippen molar-refractivity contribution in [3.63, 3.8) is 0 Å². The SMILES string of the molecule is CCn1c(C)nc2cc(C(=O)NNC(=O)c3cnn(-c4ccc(Br)cc4)c3C)ccc21. The number of benzene rings is 2. The van der Waals surface area contributed by atoms with Crippen molar-refractivity contribution in [3.05, 3.63) is 75.8 Å². The van der Waals surface area contributed by atoms with Crippen LogP contribution in [0.4, 0.5) is 0 Å². The van der Waals surface area contributed by atoms with Crippen LogP contribution in [-0.2, 0) is 6.54 Å². The van der Waals surface area contributed by atoms with Gasteiger partial charge in [-0.25, -0.2) is 9.67 Å². The Kier molecular flexibility index (Phi) is 5.60. The highest BCUT2D eigenvalue weighted by atomic mass is 79.9. The molecule has 158 valence electrons. The number of carbonyl (C=O) groups is 2. The number of hydrogen-bond donors (Lipinski definition) is 2. The number of amides is 2. The summed E-state index contributed by atoms with van der Waals surface area (Å²) in [6.07, 6.45) is 1.48. The maximum Gasteiger partial charge on any atom is 0.273 e. The first-order valence-corrected chi connectivity index (χ1v) is 10.6. The van der Waals surface area contributed by atoms with Gasteiger partial charge in [0.2, 0.25) is 0 Å². The molecule has 4 rings (SSSR count). The molecule has 0 spiro atoms. The smallest absolute Gasteiger partial charge is 0.273 e. The van der Waals surface area contributed by atoms with Gasteiger partial charge in [-0.2, -0.15) is 5.10 Å². The fraction of sp³-hybridized carbons (Fsp3) is 0.182. The van der Waals surface area contributed by atoms with Crippen molar-refractivity contribution >= 4 is 38.8 Å². The molecule has 0 saturated heterocycles. The van der Waals surface area contributed by atoms with Crippen LogP contribution < -0.4 is 10.9 Å². The first kappa shape index (κ1) is 20.8. The lowest BCUT2D eigenvalue weighted by Gasteiger charge is -2.08. The molecular weight excluding hydrogens is 460 g/mol. The highest BCUT2D eigenvalue weighted by Gasteiger charge is 2.17. The molecule has 2 aromatic heterocycles. The van der Waals surface area contributed by atoms with Gasteiger partial charge in [0, 0.05) is 16.6 Å². The minimum absolute atomic E-state index is 0.371. The van der Waals surface area contributed by atoms with Crippen molar-refractivity contribution in [1.82, 2.24) is 30.2 Å². The first-order valence-electron chi connectivity index (χ1n) is 9.77. The zero-order chi connectivity index (χ0) is 22.1. The predicted molar refractivity (Wildman–Crippen MR) is 121 cm³/mol. The van der Waals surface area contributed by atoms with Crippen LogP contribution in [0.25, 0.3) is 16.7 Å². The quantitative estimate of drug-likeness (QED) is 0.435. The van der Waals surface area contributed by atoms with Crippen molar-refractivity contribution in [2.75, 3.05) is 0 Å². The molecule has 0 unspecified atom stereocenters. The summed E-state index contributed by atoms with van der Waals surface area (Å²) >= 11 is 3.40. The second-order valence-corrected chi connectivity index (χ2v) is 7.96. The molecule has 31 heavy (non-hydrogen) atoms. The molecule has 0 aliphatic carbocycles. The number of nitrogens with one attached hydrogen (secondary N) is 2. The van der Waals surface area contributed by atoms with Gasteiger partial charge in [0.05, 0.1) is 34.2 Å². The van der Waals surface area contributed by atoms with Gasteiger partial charge in [-0.15, -0.1) is 0 Å². The van der Waals surface area contributed by atoms with E-state index in [9.17, 15) is 9.59 Å². The molecule has 0 atom stereocenters. The number of fused-ring (bicyclic) bond motifs is 1. The molecule has 0 saturated carbocycles. The lowest BCUT2D eigenvalue weighted by atomic mass is 10.2. The van der Waals surface area contributed by atoms with Gasteiger partial charge >= 0.3 is 0 Å². The number of hydrogen-bond acceptors (Lipinski definition) is 4. The van der Waals surface area contributed by atoms with Crippen molar-refractivity contribution < 1.29 is 9.59 Å². The summed E-state index contributed by atoms with van der Waals surface area (Å²) in [6, 6.07) is 12.9. The summed E-state index contributed by atoms with van der Waals surface area (Å²) < 4.78 is 4.70. The third-order valence-corrected chi connectivity index (χ3v) is 5.66. The molecule has 2 N–H and O–H groups in total. The summed E-state index contributed by atoms with van der Waals surface area (Å²) in [6.45, 7) is 6.58. The van der Waals surface area contributed by atoms with Crippen LogP contribution >= 0.6 is 15.9 Å². The van der Waals surface area contributed by atoms with Gasteiger partial charge in [-0.1, -0.05) is 15.9 Å². The largest absolute Gasteiger partial charge is 0.329 e. The fourth-order valence-corrected chi connectivity index (χ4v) is 3.78. The van der Waals surface area contributed by atoms with E-state index in [1.54, 1.807) is 23.7 Å². The van der Waals surface area contributed by atoms with E-state index >= 15 is 0 Å². The molecule has 0 radical (unpaired) electrons. The van der Waals surface area contributed by atoms with E-state index in [0.29, 0.717) is 16.8 Å². The number of rotatable bonds is 4. The highest BCUT2D eigenvalue weighted by Crippen LogP contribution is 2.19. The number of carbonyl (C=O) groups excluding carboxylic acids is 2. The van der Waals surface area contributed by atoms with E-state index in [0.717, 1.165) is 33.6 Å². The summed E-state index contributed by atoms with van der Waals surface area (Å²) in [5.74, 6) is 0.0277. The summed E-state index contributed by atoms with van der Waals surface area (Å²) in [5, 5.41) is 4.29. The van der Waals surface area contributed by atoms with Crippen LogP contribution in [0, 0.1) is 13.8 Å². The summed E-state index contributed by atoms with van der Waals surface area (Å²) in [5.41, 5.74) is 8.92. The third-order valence-electron chi connectivity index (χ3n) is 5.13. The Morgan fingerprint density at radius 2 is 1.74 bits per heavy atom. The van der Waals surface area contributed by atoms with Gasteiger partial charge < -0.3 is 4.57 Å². The second kappa shape index (κ2) is 8.35. The molecule has 2 aromatic carbocycles. The van der Waals surface area contributed by atoms with E-state index in [1.165, 1.54) is 6.20 Å². The Bertz CT molecular complexity index is 1290. The lowest BCUT2D eigenvalue weighted by Crippen LogP contribution is -2.41. The average Bonchev–Trinajstić information content (AvgIpc) is 3.30. The van der Waals surface area contributed by atoms with Crippen LogP contribution in [-0.4, -0.2) is 31.1 Å². The predicted octanol–water partition coefficient (Wildman–Crippen LogP) is 3.70. The van der Waals surface area contributed by atoms with Crippen LogP contribution in [0.5, 0.6) is 0 Å². The highest BCUT2D eigenvalue weighted by molar-refractivity contribution is 9.10. The summed E-state index contributed by atoms with van der Waals surface area (Å²) in [4.78, 5) is 29.6. The molecule has 0 fully saturated rings. The van der Waals surface area contributed by atoms with E-state index in [2.05, 4.69) is 41.4 Å². The van der Waals surface area contributed by atoms with Crippen molar-refractivity contribution in [2.24, 2.45) is 0 Å². The maximum absolute atomic E-state index is 12.6. The number of nitrogens with zero attached hydrogens (tertiary/aromatic N) is 4. The molecule has 2 heterocycles. The van der Waals surface area contributed by atoms with Crippen molar-refractivity contribution in [3.8, 4) is 5.69 Å². The first-order chi connectivity index (χ1) is 14.9. The molecule has 0 aliphatic rings. The third kappa shape index (κ3) is 3.96. The Morgan fingerprint density at radius 1 is 1.03 bits per heavy atom. The monoisotopic (exact) mass is 480 g/mol. The lowest BCUT2D eigenvalue weighted by molar-refractivity contribution is 0.0846.